The highest BCUT2D eigenvalue weighted by atomic mass is 32.2. The summed E-state index contributed by atoms with van der Waals surface area (Å²) in [6.07, 6.45) is 0.724. The van der Waals surface area contributed by atoms with Crippen molar-refractivity contribution in [3.05, 3.63) is 0 Å². The maximum absolute atomic E-state index is 10.2. The Balaban J connectivity index is 3.55. The highest BCUT2D eigenvalue weighted by Gasteiger charge is 2.06. The molecule has 0 radical (unpaired) electrons. The lowest BCUT2D eigenvalue weighted by Gasteiger charge is -2.12. The summed E-state index contributed by atoms with van der Waals surface area (Å²) in [6.45, 7) is 2.02. The van der Waals surface area contributed by atoms with Crippen LogP contribution in [0.4, 0.5) is 0 Å². The third-order valence-corrected chi connectivity index (χ3v) is 2.23. The monoisotopic (exact) mass is 197 g/mol. The van der Waals surface area contributed by atoms with Gasteiger partial charge in [0, 0.05) is 12.6 Å². The van der Waals surface area contributed by atoms with E-state index < -0.39 is 10.1 Å². The van der Waals surface area contributed by atoms with Gasteiger partial charge in [0.2, 0.25) is 0 Å². The molecule has 6 heteroatoms. The maximum Gasteiger partial charge on any atom is 0.266 e. The minimum atomic E-state index is -3.88. The Morgan fingerprint density at radius 1 is 1.50 bits per heavy atom. The van der Waals surface area contributed by atoms with E-state index in [0.29, 0.717) is 0 Å². The van der Waals surface area contributed by atoms with Crippen molar-refractivity contribution in [2.45, 2.75) is 19.4 Å². The summed E-state index contributed by atoms with van der Waals surface area (Å²) < 4.78 is 28.8. The zero-order valence-electron chi connectivity index (χ0n) is 7.02. The van der Waals surface area contributed by atoms with Gasteiger partial charge in [0.15, 0.2) is 0 Å². The van der Waals surface area contributed by atoms with Crippen LogP contribution in [0.15, 0.2) is 0 Å². The Kier molecular flexibility index (Phi) is 5.39. The molecule has 74 valence electrons. The number of nitrogens with one attached hydrogen (secondary N) is 1. The average molecular weight is 197 g/mol. The molecular formula is C6H15NO4S. The van der Waals surface area contributed by atoms with Gasteiger partial charge in [-0.2, -0.15) is 8.42 Å². The van der Waals surface area contributed by atoms with Crippen LogP contribution in [0.5, 0.6) is 0 Å². The van der Waals surface area contributed by atoms with E-state index in [1.807, 2.05) is 6.92 Å². The molecule has 0 aromatic rings. The average Bonchev–Trinajstić information content (AvgIpc) is 1.96. The molecule has 0 heterocycles. The number of hydrogen-bond acceptors (Lipinski definition) is 4. The highest BCUT2D eigenvalue weighted by molar-refractivity contribution is 7.85. The van der Waals surface area contributed by atoms with Gasteiger partial charge in [0.1, 0.15) is 0 Å². The van der Waals surface area contributed by atoms with Crippen molar-refractivity contribution in [2.24, 2.45) is 0 Å². The normalized spacial score (nSPS) is 14.6. The predicted molar refractivity (Wildman–Crippen MR) is 45.6 cm³/mol. The first-order chi connectivity index (χ1) is 5.49. The first-order valence-corrected chi connectivity index (χ1v) is 5.40. The first kappa shape index (κ1) is 11.8. The minimum Gasteiger partial charge on any atom is -0.395 e. The summed E-state index contributed by atoms with van der Waals surface area (Å²) in [5.41, 5.74) is 0. The molecule has 0 aromatic carbocycles. The predicted octanol–water partition coefficient (Wildman–Crippen LogP) is -0.765. The maximum atomic E-state index is 10.2. The third kappa shape index (κ3) is 6.53. The summed E-state index contributed by atoms with van der Waals surface area (Å²) in [5, 5.41) is 11.5. The van der Waals surface area contributed by atoms with Gasteiger partial charge in [-0.1, -0.05) is 6.92 Å². The van der Waals surface area contributed by atoms with E-state index in [2.05, 4.69) is 5.32 Å². The molecule has 0 aliphatic rings. The highest BCUT2D eigenvalue weighted by Crippen LogP contribution is 1.88. The Morgan fingerprint density at radius 3 is 2.42 bits per heavy atom. The zero-order chi connectivity index (χ0) is 9.61. The lowest BCUT2D eigenvalue weighted by atomic mass is 10.2. The van der Waals surface area contributed by atoms with Gasteiger partial charge in [-0.25, -0.2) is 0 Å². The quantitative estimate of drug-likeness (QED) is 0.487. The Hall–Kier alpha value is -0.170. The Bertz CT molecular complexity index is 198. The number of aliphatic hydroxyl groups is 1. The van der Waals surface area contributed by atoms with Gasteiger partial charge in [0.05, 0.1) is 12.4 Å². The lowest BCUT2D eigenvalue weighted by molar-refractivity contribution is 0.241. The van der Waals surface area contributed by atoms with Crippen LogP contribution in [0, 0.1) is 0 Å². The van der Waals surface area contributed by atoms with Crippen LogP contribution in [-0.4, -0.2) is 43.0 Å². The van der Waals surface area contributed by atoms with Crippen LogP contribution in [0.2, 0.25) is 0 Å². The van der Waals surface area contributed by atoms with Crippen molar-refractivity contribution in [1.29, 1.82) is 0 Å². The molecule has 0 fully saturated rings. The van der Waals surface area contributed by atoms with E-state index in [0.717, 1.165) is 6.42 Å². The van der Waals surface area contributed by atoms with E-state index in [1.165, 1.54) is 0 Å². The van der Waals surface area contributed by atoms with Crippen molar-refractivity contribution in [3.63, 3.8) is 0 Å². The molecule has 0 aliphatic heterocycles. The SMILES string of the molecule is CCC(CO)NCCS(=O)(=O)O. The van der Waals surface area contributed by atoms with Crippen LogP contribution in [-0.2, 0) is 10.1 Å². The molecule has 0 bridgehead atoms. The summed E-state index contributed by atoms with van der Waals surface area (Å²) in [4.78, 5) is 0. The fourth-order valence-corrected chi connectivity index (χ4v) is 1.11. The van der Waals surface area contributed by atoms with Crippen LogP contribution < -0.4 is 5.32 Å². The fourth-order valence-electron chi connectivity index (χ4n) is 0.730. The molecule has 0 rings (SSSR count). The molecule has 0 spiro atoms. The Morgan fingerprint density at radius 2 is 2.08 bits per heavy atom. The molecule has 12 heavy (non-hydrogen) atoms. The third-order valence-electron chi connectivity index (χ3n) is 1.51. The molecule has 1 unspecified atom stereocenters. The van der Waals surface area contributed by atoms with Crippen LogP contribution in [0.3, 0.4) is 0 Å². The molecule has 0 aliphatic carbocycles. The van der Waals surface area contributed by atoms with Crippen molar-refractivity contribution in [3.8, 4) is 0 Å². The minimum absolute atomic E-state index is 0.0258. The van der Waals surface area contributed by atoms with Gasteiger partial charge in [0.25, 0.3) is 10.1 Å². The van der Waals surface area contributed by atoms with E-state index >= 15 is 0 Å². The van der Waals surface area contributed by atoms with Gasteiger partial charge < -0.3 is 10.4 Å². The lowest BCUT2D eigenvalue weighted by Crippen LogP contribution is -2.35. The number of aliphatic hydroxyl groups excluding tert-OH is 1. The van der Waals surface area contributed by atoms with Crippen molar-refractivity contribution in [1.82, 2.24) is 5.32 Å². The van der Waals surface area contributed by atoms with Crippen molar-refractivity contribution >= 4 is 10.1 Å². The van der Waals surface area contributed by atoms with Gasteiger partial charge in [-0.05, 0) is 6.42 Å². The van der Waals surface area contributed by atoms with E-state index in [9.17, 15) is 8.42 Å². The van der Waals surface area contributed by atoms with E-state index in [1.54, 1.807) is 0 Å². The van der Waals surface area contributed by atoms with Crippen molar-refractivity contribution < 1.29 is 18.1 Å². The zero-order valence-corrected chi connectivity index (χ0v) is 7.84. The second-order valence-electron chi connectivity index (χ2n) is 2.53. The van der Waals surface area contributed by atoms with Gasteiger partial charge >= 0.3 is 0 Å². The van der Waals surface area contributed by atoms with Crippen LogP contribution in [0.25, 0.3) is 0 Å². The van der Waals surface area contributed by atoms with E-state index in [-0.39, 0.29) is 24.9 Å². The molecule has 5 nitrogen and oxygen atoms in total. The van der Waals surface area contributed by atoms with Crippen molar-refractivity contribution in [2.75, 3.05) is 18.9 Å². The topological polar surface area (TPSA) is 86.6 Å². The molecular weight excluding hydrogens is 182 g/mol. The molecule has 0 amide bonds. The summed E-state index contributed by atoms with van der Waals surface area (Å²) in [7, 11) is -3.88. The van der Waals surface area contributed by atoms with Crippen LogP contribution in [0.1, 0.15) is 13.3 Å². The fraction of sp³-hybridized carbons (Fsp3) is 1.00. The standard InChI is InChI=1S/C6H15NO4S/c1-2-6(5-8)7-3-4-12(9,10)11/h6-8H,2-5H2,1H3,(H,9,10,11). The summed E-state index contributed by atoms with van der Waals surface area (Å²) in [5.74, 6) is -0.316. The second-order valence-corrected chi connectivity index (χ2v) is 4.10. The first-order valence-electron chi connectivity index (χ1n) is 3.79. The molecule has 0 saturated heterocycles. The Labute approximate surface area is 72.5 Å². The smallest absolute Gasteiger partial charge is 0.266 e. The summed E-state index contributed by atoms with van der Waals surface area (Å²) >= 11 is 0. The largest absolute Gasteiger partial charge is 0.395 e. The summed E-state index contributed by atoms with van der Waals surface area (Å²) in [6, 6.07) is -0.0910. The van der Waals surface area contributed by atoms with E-state index in [4.69, 9.17) is 9.66 Å². The second kappa shape index (κ2) is 5.47. The molecule has 0 saturated carbocycles. The van der Waals surface area contributed by atoms with Crippen LogP contribution >= 0.6 is 0 Å². The molecule has 3 N–H and O–H groups in total. The number of rotatable bonds is 6. The number of hydrogen-bond donors (Lipinski definition) is 3. The molecule has 1 atom stereocenters. The van der Waals surface area contributed by atoms with Gasteiger partial charge in [-0.3, -0.25) is 4.55 Å². The van der Waals surface area contributed by atoms with Gasteiger partial charge in [-0.15, -0.1) is 0 Å². The molecule has 0 aromatic heterocycles.